The van der Waals surface area contributed by atoms with Gasteiger partial charge in [0.1, 0.15) is 5.69 Å². The first-order chi connectivity index (χ1) is 10.6. The fourth-order valence-corrected chi connectivity index (χ4v) is 4.70. The molecule has 0 aliphatic rings. The van der Waals surface area contributed by atoms with Crippen molar-refractivity contribution in [2.24, 2.45) is 0 Å². The highest BCUT2D eigenvalue weighted by molar-refractivity contribution is 7.92. The van der Waals surface area contributed by atoms with Crippen molar-refractivity contribution in [1.29, 1.82) is 0 Å². The third kappa shape index (κ3) is 3.59. The molecule has 11 heteroatoms. The molecule has 1 aromatic heterocycles. The zero-order valence-corrected chi connectivity index (χ0v) is 14.7. The number of carbonyl (C=O) groups excluding carboxylic acids is 1. The maximum Gasteiger partial charge on any atom is 0.258 e. The summed E-state index contributed by atoms with van der Waals surface area (Å²) in [7, 11) is -5.35. The molecule has 23 heavy (non-hydrogen) atoms. The van der Waals surface area contributed by atoms with Crippen LogP contribution in [-0.4, -0.2) is 41.4 Å². The Morgan fingerprint density at radius 1 is 1.35 bits per heavy atom. The molecule has 0 saturated carbocycles. The van der Waals surface area contributed by atoms with Crippen LogP contribution in [0.2, 0.25) is 5.02 Å². The molecule has 2 rings (SSSR count). The maximum absolute atomic E-state index is 12.3. The van der Waals surface area contributed by atoms with Crippen LogP contribution in [0.3, 0.4) is 0 Å². The van der Waals surface area contributed by atoms with Gasteiger partial charge in [-0.3, -0.25) is 9.00 Å². The predicted octanol–water partition coefficient (Wildman–Crippen LogP) is 1.42. The number of carbonyl (C=O) groups is 1. The van der Waals surface area contributed by atoms with E-state index in [0.717, 1.165) is 6.26 Å². The highest BCUT2D eigenvalue weighted by Crippen LogP contribution is 2.31. The second kappa shape index (κ2) is 6.38. The minimum atomic E-state index is -3.65. The molecule has 0 radical (unpaired) electrons. The minimum Gasteiger partial charge on any atom is -0.302 e. The quantitative estimate of drug-likeness (QED) is 0.855. The van der Waals surface area contributed by atoms with E-state index in [4.69, 9.17) is 11.6 Å². The van der Waals surface area contributed by atoms with Crippen molar-refractivity contribution in [3.05, 3.63) is 28.4 Å². The number of hydrogen-bond acceptors (Lipinski definition) is 7. The van der Waals surface area contributed by atoms with Gasteiger partial charge in [-0.15, -0.1) is 0 Å². The third-order valence-corrected chi connectivity index (χ3v) is 5.65. The normalized spacial score (nSPS) is 12.9. The molecule has 0 bridgehead atoms. The molecule has 0 saturated heterocycles. The van der Waals surface area contributed by atoms with Gasteiger partial charge in [0, 0.05) is 12.5 Å². The first-order valence-corrected chi connectivity index (χ1v) is 9.92. The Labute approximate surface area is 139 Å². The Bertz CT molecular complexity index is 907. The van der Waals surface area contributed by atoms with E-state index in [-0.39, 0.29) is 26.2 Å². The van der Waals surface area contributed by atoms with Gasteiger partial charge in [0.15, 0.2) is 9.84 Å². The van der Waals surface area contributed by atoms with Crippen LogP contribution in [-0.2, 0) is 20.6 Å². The molecule has 1 atom stereocenters. The number of sulfone groups is 1. The van der Waals surface area contributed by atoms with Gasteiger partial charge in [-0.25, -0.2) is 13.0 Å². The van der Waals surface area contributed by atoms with E-state index in [2.05, 4.69) is 20.3 Å². The summed E-state index contributed by atoms with van der Waals surface area (Å²) in [6.07, 6.45) is 2.25. The van der Waals surface area contributed by atoms with Gasteiger partial charge in [0.05, 0.1) is 31.2 Å². The molecule has 1 aromatic carbocycles. The van der Waals surface area contributed by atoms with Crippen LogP contribution in [0.5, 0.6) is 0 Å². The summed E-state index contributed by atoms with van der Waals surface area (Å²) in [5.41, 5.74) is 0.327. The molecule has 1 unspecified atom stereocenters. The van der Waals surface area contributed by atoms with E-state index in [1.807, 2.05) is 0 Å². The average Bonchev–Trinajstić information content (AvgIpc) is 2.82. The van der Waals surface area contributed by atoms with Crippen molar-refractivity contribution in [2.45, 2.75) is 16.7 Å². The summed E-state index contributed by atoms with van der Waals surface area (Å²) in [5.74, 6) is -0.544. The first-order valence-electron chi connectivity index (χ1n) is 6.09. The Balaban J connectivity index is 2.53. The van der Waals surface area contributed by atoms with Gasteiger partial charge in [-0.05, 0) is 24.2 Å². The summed E-state index contributed by atoms with van der Waals surface area (Å²) in [6, 6.07) is 2.44. The standard InChI is InChI=1S/C12H12ClN3O5S2/c1-6-11(16-21-15-6)14-12(17)7-4-5-8(23(3,19)20)10(9(7)13)22(2)18/h4-5H,1-3H3,(H,14,16,17). The second-order valence-corrected chi connectivity index (χ2v) is 8.31. The van der Waals surface area contributed by atoms with Crippen molar-refractivity contribution in [2.75, 3.05) is 17.8 Å². The number of rotatable bonds is 4. The molecule has 124 valence electrons. The van der Waals surface area contributed by atoms with Gasteiger partial charge in [0.25, 0.3) is 5.91 Å². The lowest BCUT2D eigenvalue weighted by Gasteiger charge is -2.11. The number of amides is 1. The molecule has 1 heterocycles. The van der Waals surface area contributed by atoms with Crippen molar-refractivity contribution in [3.63, 3.8) is 0 Å². The molecular weight excluding hydrogens is 366 g/mol. The number of nitrogens with zero attached hydrogens (tertiary/aromatic N) is 2. The molecule has 0 aliphatic carbocycles. The smallest absolute Gasteiger partial charge is 0.258 e. The van der Waals surface area contributed by atoms with E-state index in [9.17, 15) is 17.4 Å². The second-order valence-electron chi connectivity index (χ2n) is 4.63. The lowest BCUT2D eigenvalue weighted by atomic mass is 10.2. The Kier molecular flexibility index (Phi) is 4.87. The summed E-state index contributed by atoms with van der Waals surface area (Å²) in [4.78, 5) is 12.0. The Hall–Kier alpha value is -1.78. The largest absolute Gasteiger partial charge is 0.302 e. The highest BCUT2D eigenvalue weighted by Gasteiger charge is 2.24. The summed E-state index contributed by atoms with van der Waals surface area (Å²) >= 11 is 6.11. The van der Waals surface area contributed by atoms with Crippen LogP contribution in [0.15, 0.2) is 26.6 Å². The van der Waals surface area contributed by atoms with Gasteiger partial charge in [0.2, 0.25) is 5.82 Å². The topological polar surface area (TPSA) is 119 Å². The van der Waals surface area contributed by atoms with E-state index in [1.54, 1.807) is 6.92 Å². The van der Waals surface area contributed by atoms with Gasteiger partial charge in [-0.1, -0.05) is 16.8 Å². The number of anilines is 1. The zero-order chi connectivity index (χ0) is 17.4. The Morgan fingerprint density at radius 2 is 2.00 bits per heavy atom. The van der Waals surface area contributed by atoms with Gasteiger partial charge < -0.3 is 5.32 Å². The van der Waals surface area contributed by atoms with Crippen molar-refractivity contribution >= 4 is 44.0 Å². The van der Waals surface area contributed by atoms with Crippen LogP contribution in [0.4, 0.5) is 5.82 Å². The monoisotopic (exact) mass is 377 g/mol. The van der Waals surface area contributed by atoms with Gasteiger partial charge >= 0.3 is 0 Å². The SMILES string of the molecule is Cc1nonc1NC(=O)c1ccc(S(C)(=O)=O)c(S(C)=O)c1Cl. The maximum atomic E-state index is 12.3. The van der Waals surface area contributed by atoms with Crippen LogP contribution in [0.25, 0.3) is 0 Å². The molecule has 2 aromatic rings. The predicted molar refractivity (Wildman–Crippen MR) is 83.9 cm³/mol. The fraction of sp³-hybridized carbons (Fsp3) is 0.250. The Morgan fingerprint density at radius 3 is 2.48 bits per heavy atom. The van der Waals surface area contributed by atoms with Crippen LogP contribution in [0, 0.1) is 6.92 Å². The molecule has 8 nitrogen and oxygen atoms in total. The number of hydrogen-bond donors (Lipinski definition) is 1. The number of nitrogens with one attached hydrogen (secondary N) is 1. The van der Waals surface area contributed by atoms with E-state index in [0.29, 0.717) is 5.69 Å². The summed E-state index contributed by atoms with van der Waals surface area (Å²) < 4.78 is 39.9. The molecule has 1 amide bonds. The molecular formula is C12H12ClN3O5S2. The third-order valence-electron chi connectivity index (χ3n) is 2.88. The molecule has 1 N–H and O–H groups in total. The zero-order valence-electron chi connectivity index (χ0n) is 12.3. The van der Waals surface area contributed by atoms with Crippen LogP contribution >= 0.6 is 11.6 Å². The molecule has 0 spiro atoms. The van der Waals surface area contributed by atoms with E-state index >= 15 is 0 Å². The van der Waals surface area contributed by atoms with Gasteiger partial charge in [-0.2, -0.15) is 0 Å². The average molecular weight is 378 g/mol. The lowest BCUT2D eigenvalue weighted by Crippen LogP contribution is -2.15. The summed E-state index contributed by atoms with van der Waals surface area (Å²) in [5, 5.41) is 9.26. The first kappa shape index (κ1) is 17.6. The number of aromatic nitrogens is 2. The number of halogens is 1. The number of aryl methyl sites for hydroxylation is 1. The summed E-state index contributed by atoms with van der Waals surface area (Å²) in [6.45, 7) is 1.58. The lowest BCUT2D eigenvalue weighted by molar-refractivity contribution is 0.102. The van der Waals surface area contributed by atoms with E-state index < -0.39 is 26.5 Å². The molecule has 0 fully saturated rings. The van der Waals surface area contributed by atoms with Crippen LogP contribution < -0.4 is 5.32 Å². The number of benzene rings is 1. The highest BCUT2D eigenvalue weighted by atomic mass is 35.5. The van der Waals surface area contributed by atoms with Crippen molar-refractivity contribution in [1.82, 2.24) is 10.3 Å². The van der Waals surface area contributed by atoms with Crippen LogP contribution in [0.1, 0.15) is 16.1 Å². The van der Waals surface area contributed by atoms with Crippen molar-refractivity contribution in [3.8, 4) is 0 Å². The van der Waals surface area contributed by atoms with Crippen molar-refractivity contribution < 1.29 is 22.1 Å². The minimum absolute atomic E-state index is 0.0355. The fourth-order valence-electron chi connectivity index (χ4n) is 1.79. The molecule has 0 aliphatic heterocycles. The van der Waals surface area contributed by atoms with E-state index in [1.165, 1.54) is 18.4 Å².